The molecular formula is C31H31F6N3O. The highest BCUT2D eigenvalue weighted by Gasteiger charge is 2.38. The number of amides is 1. The zero-order valence-corrected chi connectivity index (χ0v) is 22.3. The largest absolute Gasteiger partial charge is 0.416 e. The van der Waals surface area contributed by atoms with Crippen LogP contribution in [0, 0.1) is 0 Å². The van der Waals surface area contributed by atoms with Crippen molar-refractivity contribution in [1.29, 1.82) is 0 Å². The number of benzene rings is 3. The topological polar surface area (TPSA) is 35.6 Å². The van der Waals surface area contributed by atoms with Gasteiger partial charge in [0.05, 0.1) is 11.1 Å². The van der Waals surface area contributed by atoms with Gasteiger partial charge in [0.25, 0.3) is 0 Å². The Labute approximate surface area is 235 Å². The molecule has 1 saturated heterocycles. The molecule has 1 atom stereocenters. The Balaban J connectivity index is 1.24. The SMILES string of the molecule is O=C(NCc1cc(C(F)(F)F)cc(C(F)(F)F)c1)C1c2ccccc2CN1CCN1CCC(c2ccccc2)CC1. The molecular weight excluding hydrogens is 544 g/mol. The van der Waals surface area contributed by atoms with Gasteiger partial charge < -0.3 is 10.2 Å². The molecule has 1 N–H and O–H groups in total. The summed E-state index contributed by atoms with van der Waals surface area (Å²) in [5.74, 6) is 0.0689. The van der Waals surface area contributed by atoms with Crippen LogP contribution >= 0.6 is 0 Å². The molecule has 0 aliphatic carbocycles. The fourth-order valence-corrected chi connectivity index (χ4v) is 5.86. The lowest BCUT2D eigenvalue weighted by molar-refractivity contribution is -0.143. The quantitative estimate of drug-likeness (QED) is 0.316. The number of halogens is 6. The molecule has 41 heavy (non-hydrogen) atoms. The molecule has 4 nitrogen and oxygen atoms in total. The minimum atomic E-state index is -4.95. The van der Waals surface area contributed by atoms with E-state index in [1.54, 1.807) is 0 Å². The maximum Gasteiger partial charge on any atom is 0.416 e. The van der Waals surface area contributed by atoms with Gasteiger partial charge in [-0.2, -0.15) is 26.3 Å². The highest BCUT2D eigenvalue weighted by molar-refractivity contribution is 5.84. The average Bonchev–Trinajstić information content (AvgIpc) is 3.33. The lowest BCUT2D eigenvalue weighted by atomic mass is 9.89. The molecule has 218 valence electrons. The molecule has 1 amide bonds. The minimum Gasteiger partial charge on any atom is -0.350 e. The lowest BCUT2D eigenvalue weighted by Gasteiger charge is -2.34. The zero-order valence-electron chi connectivity index (χ0n) is 22.3. The van der Waals surface area contributed by atoms with Gasteiger partial charge in [0.1, 0.15) is 6.04 Å². The summed E-state index contributed by atoms with van der Waals surface area (Å²) in [5.41, 5.74) is 0.0594. The number of fused-ring (bicyclic) bond motifs is 1. The summed E-state index contributed by atoms with van der Waals surface area (Å²) >= 11 is 0. The first-order valence-electron chi connectivity index (χ1n) is 13.6. The number of hydrogen-bond donors (Lipinski definition) is 1. The summed E-state index contributed by atoms with van der Waals surface area (Å²) in [6.45, 7) is 3.32. The van der Waals surface area contributed by atoms with E-state index in [4.69, 9.17) is 0 Å². The number of carbonyl (C=O) groups excluding carboxylic acids is 1. The van der Waals surface area contributed by atoms with Crippen molar-refractivity contribution in [3.05, 3.63) is 106 Å². The van der Waals surface area contributed by atoms with Crippen molar-refractivity contribution in [2.24, 2.45) is 0 Å². The molecule has 2 aliphatic heterocycles. The van der Waals surface area contributed by atoms with Crippen LogP contribution in [0.4, 0.5) is 26.3 Å². The van der Waals surface area contributed by atoms with Gasteiger partial charge in [0, 0.05) is 26.2 Å². The molecule has 3 aromatic carbocycles. The van der Waals surface area contributed by atoms with Gasteiger partial charge in [-0.15, -0.1) is 0 Å². The van der Waals surface area contributed by atoms with Gasteiger partial charge in [-0.05, 0) is 72.3 Å². The Morgan fingerprint density at radius 2 is 1.41 bits per heavy atom. The summed E-state index contributed by atoms with van der Waals surface area (Å²) in [5, 5.41) is 2.60. The lowest BCUT2D eigenvalue weighted by Crippen LogP contribution is -2.42. The number of likely N-dealkylation sites (tertiary alicyclic amines) is 1. The van der Waals surface area contributed by atoms with Crippen LogP contribution in [0.1, 0.15) is 58.2 Å². The second kappa shape index (κ2) is 11.9. The van der Waals surface area contributed by atoms with E-state index < -0.39 is 42.0 Å². The molecule has 0 bridgehead atoms. The number of carbonyl (C=O) groups is 1. The normalized spacial score (nSPS) is 18.8. The molecule has 2 aliphatic rings. The van der Waals surface area contributed by atoms with Crippen LogP contribution in [0.3, 0.4) is 0 Å². The Morgan fingerprint density at radius 3 is 2.05 bits per heavy atom. The zero-order chi connectivity index (χ0) is 29.2. The molecule has 3 aromatic rings. The fourth-order valence-electron chi connectivity index (χ4n) is 5.86. The van der Waals surface area contributed by atoms with Gasteiger partial charge in [0.15, 0.2) is 0 Å². The molecule has 0 aromatic heterocycles. The first-order chi connectivity index (χ1) is 19.5. The third-order valence-electron chi connectivity index (χ3n) is 8.01. The molecule has 5 rings (SSSR count). The molecule has 10 heteroatoms. The second-order valence-corrected chi connectivity index (χ2v) is 10.7. The molecule has 1 unspecified atom stereocenters. The van der Waals surface area contributed by atoms with Crippen LogP contribution < -0.4 is 5.32 Å². The number of rotatable bonds is 7. The predicted octanol–water partition coefficient (Wildman–Crippen LogP) is 6.78. The van der Waals surface area contributed by atoms with Gasteiger partial charge in [0.2, 0.25) is 5.91 Å². The number of hydrogen-bond acceptors (Lipinski definition) is 3. The van der Waals surface area contributed by atoms with Crippen molar-refractivity contribution in [2.75, 3.05) is 26.2 Å². The average molecular weight is 576 g/mol. The van der Waals surface area contributed by atoms with Crippen LogP contribution in [-0.2, 0) is 30.2 Å². The van der Waals surface area contributed by atoms with Crippen molar-refractivity contribution in [3.8, 4) is 0 Å². The smallest absolute Gasteiger partial charge is 0.350 e. The Kier molecular flexibility index (Phi) is 8.42. The molecule has 0 spiro atoms. The molecule has 0 saturated carbocycles. The van der Waals surface area contributed by atoms with E-state index in [1.165, 1.54) is 5.56 Å². The Hall–Kier alpha value is -3.37. The second-order valence-electron chi connectivity index (χ2n) is 10.7. The predicted molar refractivity (Wildman–Crippen MR) is 143 cm³/mol. The van der Waals surface area contributed by atoms with E-state index in [0.717, 1.165) is 43.6 Å². The van der Waals surface area contributed by atoms with Crippen LogP contribution in [0.15, 0.2) is 72.8 Å². The maximum absolute atomic E-state index is 13.4. The van der Waals surface area contributed by atoms with Crippen LogP contribution in [0.2, 0.25) is 0 Å². The summed E-state index contributed by atoms with van der Waals surface area (Å²) in [4.78, 5) is 17.8. The van der Waals surface area contributed by atoms with Crippen LogP contribution in [0.25, 0.3) is 0 Å². The van der Waals surface area contributed by atoms with Gasteiger partial charge >= 0.3 is 12.4 Å². The first-order valence-corrected chi connectivity index (χ1v) is 13.6. The van der Waals surface area contributed by atoms with Gasteiger partial charge in [-0.25, -0.2) is 0 Å². The first kappa shape index (κ1) is 29.1. The minimum absolute atomic E-state index is 0.0862. The van der Waals surface area contributed by atoms with Crippen molar-refractivity contribution in [1.82, 2.24) is 15.1 Å². The molecule has 2 heterocycles. The van der Waals surface area contributed by atoms with Crippen molar-refractivity contribution >= 4 is 5.91 Å². The number of nitrogens with zero attached hydrogens (tertiary/aromatic N) is 2. The van der Waals surface area contributed by atoms with E-state index in [2.05, 4.69) is 34.5 Å². The van der Waals surface area contributed by atoms with E-state index in [1.807, 2.05) is 35.2 Å². The summed E-state index contributed by atoms with van der Waals surface area (Å²) in [6, 6.07) is 18.6. The summed E-state index contributed by atoms with van der Waals surface area (Å²) in [7, 11) is 0. The Bertz CT molecular complexity index is 1320. The van der Waals surface area contributed by atoms with E-state index >= 15 is 0 Å². The van der Waals surface area contributed by atoms with Crippen LogP contribution in [0.5, 0.6) is 0 Å². The van der Waals surface area contributed by atoms with Crippen molar-refractivity contribution < 1.29 is 31.1 Å². The van der Waals surface area contributed by atoms with E-state index in [9.17, 15) is 31.1 Å². The van der Waals surface area contributed by atoms with E-state index in [-0.39, 0.29) is 11.6 Å². The highest BCUT2D eigenvalue weighted by atomic mass is 19.4. The Morgan fingerprint density at radius 1 is 0.805 bits per heavy atom. The summed E-state index contributed by atoms with van der Waals surface area (Å²) < 4.78 is 79.7. The third-order valence-corrected chi connectivity index (χ3v) is 8.01. The molecule has 0 radical (unpaired) electrons. The maximum atomic E-state index is 13.4. The fraction of sp³-hybridized carbons (Fsp3) is 0.387. The van der Waals surface area contributed by atoms with Crippen LogP contribution in [-0.4, -0.2) is 41.9 Å². The third kappa shape index (κ3) is 6.93. The monoisotopic (exact) mass is 575 g/mol. The molecule has 1 fully saturated rings. The van der Waals surface area contributed by atoms with E-state index in [0.29, 0.717) is 31.1 Å². The van der Waals surface area contributed by atoms with Gasteiger partial charge in [-0.3, -0.25) is 9.69 Å². The highest BCUT2D eigenvalue weighted by Crippen LogP contribution is 2.37. The number of alkyl halides is 6. The number of nitrogens with one attached hydrogen (secondary N) is 1. The summed E-state index contributed by atoms with van der Waals surface area (Å²) in [6.07, 6.45) is -7.80. The van der Waals surface area contributed by atoms with Gasteiger partial charge in [-0.1, -0.05) is 54.6 Å². The van der Waals surface area contributed by atoms with Crippen molar-refractivity contribution in [3.63, 3.8) is 0 Å². The standard InChI is InChI=1S/C31H31F6N3O/c32-30(33,34)25-16-21(17-26(18-25)31(35,36)37)19-38-29(41)28-27-9-5-4-8-24(27)20-40(28)15-14-39-12-10-23(11-13-39)22-6-2-1-3-7-22/h1-9,16-18,23,28H,10-15,19-20H2,(H,38,41). The van der Waals surface area contributed by atoms with Crippen molar-refractivity contribution in [2.45, 2.75) is 50.2 Å². The number of piperidine rings is 1.